The molecule has 0 bridgehead atoms. The molecule has 4 heteroatoms. The number of hydrogen-bond donors (Lipinski definition) is 1. The number of ketones is 1. The molecular weight excluding hydrogens is 266 g/mol. The molecule has 0 spiro atoms. The van der Waals surface area contributed by atoms with Crippen molar-refractivity contribution < 1.29 is 14.3 Å². The molecule has 0 unspecified atom stereocenters. The van der Waals surface area contributed by atoms with Crippen molar-refractivity contribution in [1.29, 1.82) is 0 Å². The second-order valence-electron chi connectivity index (χ2n) is 6.56. The fourth-order valence-corrected chi connectivity index (χ4v) is 2.53. The van der Waals surface area contributed by atoms with Crippen LogP contribution in [0.1, 0.15) is 57.9 Å². The number of benzene rings is 1. The molecule has 1 aromatic carbocycles. The number of carbonyl (C=O) groups is 2. The fourth-order valence-electron chi connectivity index (χ4n) is 2.53. The average Bonchev–Trinajstić information content (AvgIpc) is 2.38. The van der Waals surface area contributed by atoms with Gasteiger partial charge in [0.25, 0.3) is 0 Å². The summed E-state index contributed by atoms with van der Waals surface area (Å²) in [4.78, 5) is 22.9. The molecule has 114 valence electrons. The number of amides is 1. The summed E-state index contributed by atoms with van der Waals surface area (Å²) in [7, 11) is 0. The molecule has 0 radical (unpaired) electrons. The lowest BCUT2D eigenvalue weighted by Crippen LogP contribution is -2.27. The quantitative estimate of drug-likeness (QED) is 0.885. The summed E-state index contributed by atoms with van der Waals surface area (Å²) in [5.41, 5.74) is 1.45. The van der Waals surface area contributed by atoms with E-state index in [-0.39, 0.29) is 0 Å². The van der Waals surface area contributed by atoms with Crippen LogP contribution in [0.2, 0.25) is 0 Å². The molecule has 1 aliphatic rings. The largest absolute Gasteiger partial charge is 0.444 e. The van der Waals surface area contributed by atoms with Gasteiger partial charge in [0.05, 0.1) is 0 Å². The highest BCUT2D eigenvalue weighted by molar-refractivity contribution is 5.84. The van der Waals surface area contributed by atoms with Crippen LogP contribution in [0.4, 0.5) is 10.5 Å². The first-order chi connectivity index (χ1) is 9.83. The summed E-state index contributed by atoms with van der Waals surface area (Å²) in [6, 6.07) is 7.81. The Bertz CT molecular complexity index is 504. The van der Waals surface area contributed by atoms with Gasteiger partial charge in [0.1, 0.15) is 11.4 Å². The topological polar surface area (TPSA) is 55.4 Å². The van der Waals surface area contributed by atoms with E-state index in [4.69, 9.17) is 4.74 Å². The smallest absolute Gasteiger partial charge is 0.412 e. The number of rotatable bonds is 2. The van der Waals surface area contributed by atoms with Crippen molar-refractivity contribution in [2.75, 3.05) is 5.32 Å². The minimum Gasteiger partial charge on any atom is -0.444 e. The van der Waals surface area contributed by atoms with Crippen molar-refractivity contribution in [2.24, 2.45) is 0 Å². The Morgan fingerprint density at radius 1 is 1.14 bits per heavy atom. The summed E-state index contributed by atoms with van der Waals surface area (Å²) >= 11 is 0. The molecule has 1 aliphatic carbocycles. The summed E-state index contributed by atoms with van der Waals surface area (Å²) in [5, 5.41) is 2.72. The summed E-state index contributed by atoms with van der Waals surface area (Å²) in [6.07, 6.45) is 2.78. The molecule has 1 fully saturated rings. The van der Waals surface area contributed by atoms with Crippen LogP contribution in [0.25, 0.3) is 0 Å². The number of hydrogen-bond acceptors (Lipinski definition) is 3. The summed E-state index contributed by atoms with van der Waals surface area (Å²) in [6.45, 7) is 5.50. The van der Waals surface area contributed by atoms with Gasteiger partial charge in [0.15, 0.2) is 0 Å². The van der Waals surface area contributed by atoms with Gasteiger partial charge in [0, 0.05) is 18.5 Å². The molecule has 1 aromatic rings. The molecule has 0 aliphatic heterocycles. The highest BCUT2D eigenvalue weighted by Crippen LogP contribution is 2.31. The van der Waals surface area contributed by atoms with Gasteiger partial charge in [-0.15, -0.1) is 0 Å². The van der Waals surface area contributed by atoms with Gasteiger partial charge in [0.2, 0.25) is 0 Å². The molecule has 2 rings (SSSR count). The second-order valence-corrected chi connectivity index (χ2v) is 6.56. The third-order valence-corrected chi connectivity index (χ3v) is 3.57. The predicted molar refractivity (Wildman–Crippen MR) is 82.5 cm³/mol. The summed E-state index contributed by atoms with van der Waals surface area (Å²) in [5.74, 6) is 0.827. The van der Waals surface area contributed by atoms with E-state index in [0.717, 1.165) is 18.5 Å². The molecule has 0 atom stereocenters. The predicted octanol–water partition coefficient (Wildman–Crippen LogP) is 4.26. The molecule has 1 saturated carbocycles. The Kier molecular flexibility index (Phi) is 4.66. The van der Waals surface area contributed by atoms with Gasteiger partial charge in [-0.25, -0.2) is 4.79 Å². The molecule has 0 aromatic heterocycles. The third-order valence-electron chi connectivity index (χ3n) is 3.57. The van der Waals surface area contributed by atoms with Gasteiger partial charge >= 0.3 is 6.09 Å². The highest BCUT2D eigenvalue weighted by Gasteiger charge is 2.20. The first kappa shape index (κ1) is 15.5. The van der Waals surface area contributed by atoms with Crippen LogP contribution in [0.15, 0.2) is 24.3 Å². The Morgan fingerprint density at radius 2 is 1.71 bits per heavy atom. The van der Waals surface area contributed by atoms with Crippen LogP contribution in [-0.2, 0) is 9.53 Å². The first-order valence-corrected chi connectivity index (χ1v) is 7.45. The van der Waals surface area contributed by atoms with E-state index in [0.29, 0.717) is 24.5 Å². The monoisotopic (exact) mass is 289 g/mol. The number of Topliss-reactive ketones (excluding diaryl/α,β-unsaturated/α-hetero) is 1. The average molecular weight is 289 g/mol. The number of carbonyl (C=O) groups excluding carboxylic acids is 2. The van der Waals surface area contributed by atoms with E-state index in [9.17, 15) is 9.59 Å². The standard InChI is InChI=1S/C17H23NO3/c1-17(2,3)21-16(20)18-14-8-4-12(5-9-14)13-6-10-15(19)11-7-13/h4-5,8-9,13H,6-7,10-11H2,1-3H3,(H,18,20). The first-order valence-electron chi connectivity index (χ1n) is 7.45. The highest BCUT2D eigenvalue weighted by atomic mass is 16.6. The van der Waals surface area contributed by atoms with Crippen molar-refractivity contribution in [3.05, 3.63) is 29.8 Å². The zero-order valence-corrected chi connectivity index (χ0v) is 12.9. The second kappa shape index (κ2) is 6.29. The lowest BCUT2D eigenvalue weighted by atomic mass is 9.83. The van der Waals surface area contributed by atoms with Crippen LogP contribution in [0, 0.1) is 0 Å². The van der Waals surface area contributed by atoms with E-state index >= 15 is 0 Å². The van der Waals surface area contributed by atoms with E-state index in [2.05, 4.69) is 5.32 Å². The van der Waals surface area contributed by atoms with Crippen LogP contribution in [0.3, 0.4) is 0 Å². The van der Waals surface area contributed by atoms with Gasteiger partial charge in [-0.1, -0.05) is 12.1 Å². The maximum Gasteiger partial charge on any atom is 0.412 e. The summed E-state index contributed by atoms with van der Waals surface area (Å²) < 4.78 is 5.21. The van der Waals surface area contributed by atoms with Crippen molar-refractivity contribution in [3.63, 3.8) is 0 Å². The Balaban J connectivity index is 1.93. The molecule has 4 nitrogen and oxygen atoms in total. The lowest BCUT2D eigenvalue weighted by Gasteiger charge is -2.22. The lowest BCUT2D eigenvalue weighted by molar-refractivity contribution is -0.120. The van der Waals surface area contributed by atoms with E-state index in [1.165, 1.54) is 5.56 Å². The molecule has 1 N–H and O–H groups in total. The van der Waals surface area contributed by atoms with Gasteiger partial charge in [-0.05, 0) is 57.2 Å². The van der Waals surface area contributed by atoms with Crippen LogP contribution < -0.4 is 5.32 Å². The third kappa shape index (κ3) is 4.88. The van der Waals surface area contributed by atoms with Gasteiger partial charge < -0.3 is 4.74 Å². The molecular formula is C17H23NO3. The van der Waals surface area contributed by atoms with E-state index in [1.54, 1.807) is 0 Å². The maximum absolute atomic E-state index is 11.7. The normalized spacial score (nSPS) is 16.6. The van der Waals surface area contributed by atoms with Crippen LogP contribution in [0.5, 0.6) is 0 Å². The van der Waals surface area contributed by atoms with Gasteiger partial charge in [-0.2, -0.15) is 0 Å². The molecule has 1 amide bonds. The Hall–Kier alpha value is -1.84. The zero-order valence-electron chi connectivity index (χ0n) is 12.9. The van der Waals surface area contributed by atoms with Crippen molar-refractivity contribution in [1.82, 2.24) is 0 Å². The van der Waals surface area contributed by atoms with Crippen LogP contribution >= 0.6 is 0 Å². The Morgan fingerprint density at radius 3 is 2.24 bits per heavy atom. The van der Waals surface area contributed by atoms with E-state index in [1.807, 2.05) is 45.0 Å². The Labute approximate surface area is 125 Å². The molecule has 0 saturated heterocycles. The molecule has 0 heterocycles. The maximum atomic E-state index is 11.7. The molecule has 21 heavy (non-hydrogen) atoms. The van der Waals surface area contributed by atoms with Crippen molar-refractivity contribution in [2.45, 2.75) is 58.0 Å². The SMILES string of the molecule is CC(C)(C)OC(=O)Nc1ccc(C2CCC(=O)CC2)cc1. The minimum absolute atomic E-state index is 0.370. The van der Waals surface area contributed by atoms with Crippen molar-refractivity contribution >= 4 is 17.6 Å². The van der Waals surface area contributed by atoms with Crippen molar-refractivity contribution in [3.8, 4) is 0 Å². The van der Waals surface area contributed by atoms with E-state index < -0.39 is 11.7 Å². The minimum atomic E-state index is -0.501. The number of nitrogens with one attached hydrogen (secondary N) is 1. The van der Waals surface area contributed by atoms with Gasteiger partial charge in [-0.3, -0.25) is 10.1 Å². The number of anilines is 1. The number of ether oxygens (including phenoxy) is 1. The van der Waals surface area contributed by atoms with Crippen LogP contribution in [-0.4, -0.2) is 17.5 Å². The zero-order chi connectivity index (χ0) is 15.5. The fraction of sp³-hybridized carbons (Fsp3) is 0.529.